The Bertz CT molecular complexity index is 1660. The van der Waals surface area contributed by atoms with Gasteiger partial charge >= 0.3 is 37.9 Å². The molecule has 0 spiro atoms. The Balaban J connectivity index is 0.000000205. The number of hydrogen-bond acceptors (Lipinski definition) is 0. The fourth-order valence-corrected chi connectivity index (χ4v) is 5.42. The standard InChI is InChI=1S/C20H21.C18H17.C2H6Si.2ClH.Zr/c1-3-4-8-17-11-12-18(16-9-6-5-7-10-16)20-14-15(2)13-19(17)20;1-13(2)16-11-15-9-6-10-17(18(15)12-16)14-7-4-3-5-8-14;1-3-2;;;/h5-7,9-14H,3-4,8H2,1-2H3;3-13H,1-2H3;1-2H3;2*1H;/q2*-1;;;;+4/p-2. The number of fused-ring (bicyclic) bond motifs is 2. The first-order valence-corrected chi connectivity index (χ1v) is 23.7. The van der Waals surface area contributed by atoms with Gasteiger partial charge in [-0.1, -0.05) is 144 Å². The molecule has 2 radical (unpaired) electrons. The molecule has 0 saturated carbocycles. The van der Waals surface area contributed by atoms with Crippen LogP contribution in [0, 0.1) is 6.92 Å². The molecule has 44 heavy (non-hydrogen) atoms. The average Bonchev–Trinajstić information content (AvgIpc) is 3.66. The molecule has 0 unspecified atom stereocenters. The summed E-state index contributed by atoms with van der Waals surface area (Å²) in [6, 6.07) is 41.8. The molecule has 0 heterocycles. The van der Waals surface area contributed by atoms with Crippen LogP contribution < -0.4 is 0 Å². The first-order valence-electron chi connectivity index (χ1n) is 15.4. The quantitative estimate of drug-likeness (QED) is 0.119. The Morgan fingerprint density at radius 1 is 0.727 bits per heavy atom. The first-order chi connectivity index (χ1) is 21.4. The monoisotopic (exact) mass is 712 g/mol. The third-order valence-electron chi connectivity index (χ3n) is 7.53. The van der Waals surface area contributed by atoms with Crippen LogP contribution in [0.3, 0.4) is 0 Å². The Morgan fingerprint density at radius 3 is 1.84 bits per heavy atom. The normalized spacial score (nSPS) is 10.3. The zero-order valence-electron chi connectivity index (χ0n) is 26.9. The van der Waals surface area contributed by atoms with Crippen LogP contribution in [0.2, 0.25) is 13.1 Å². The minimum absolute atomic E-state index is 0.584. The maximum absolute atomic E-state index is 4.93. The summed E-state index contributed by atoms with van der Waals surface area (Å²) >= 11 is -0.826. The van der Waals surface area contributed by atoms with E-state index in [0.717, 1.165) is 9.52 Å². The van der Waals surface area contributed by atoms with Crippen molar-refractivity contribution in [3.63, 3.8) is 0 Å². The van der Waals surface area contributed by atoms with E-state index in [9.17, 15) is 0 Å². The number of hydrogen-bond donors (Lipinski definition) is 0. The van der Waals surface area contributed by atoms with Crippen molar-refractivity contribution in [2.45, 2.75) is 66.0 Å². The van der Waals surface area contributed by atoms with E-state index >= 15 is 0 Å². The van der Waals surface area contributed by atoms with Crippen LogP contribution in [0.5, 0.6) is 0 Å². The molecular weight excluding hydrogens is 671 g/mol. The van der Waals surface area contributed by atoms with Crippen molar-refractivity contribution in [3.8, 4) is 22.3 Å². The van der Waals surface area contributed by atoms with Crippen molar-refractivity contribution in [3.05, 3.63) is 132 Å². The predicted molar refractivity (Wildman–Crippen MR) is 197 cm³/mol. The van der Waals surface area contributed by atoms with Crippen molar-refractivity contribution < 1.29 is 20.8 Å². The number of aryl methyl sites for hydroxylation is 2. The molecule has 0 aromatic heterocycles. The molecule has 0 N–H and O–H groups in total. The summed E-state index contributed by atoms with van der Waals surface area (Å²) in [5.41, 5.74) is 9.58. The number of benzene rings is 4. The second-order valence-electron chi connectivity index (χ2n) is 11.3. The van der Waals surface area contributed by atoms with E-state index in [2.05, 4.69) is 156 Å². The van der Waals surface area contributed by atoms with Crippen LogP contribution in [-0.2, 0) is 27.3 Å². The third-order valence-corrected chi connectivity index (χ3v) is 7.53. The van der Waals surface area contributed by atoms with Crippen molar-refractivity contribution in [2.24, 2.45) is 0 Å². The fourth-order valence-electron chi connectivity index (χ4n) is 5.42. The molecule has 6 aromatic carbocycles. The summed E-state index contributed by atoms with van der Waals surface area (Å²) in [5.74, 6) is 0.584. The van der Waals surface area contributed by atoms with Crippen LogP contribution in [0.25, 0.3) is 43.8 Å². The van der Waals surface area contributed by atoms with Gasteiger partial charge in [0.25, 0.3) is 0 Å². The van der Waals surface area contributed by atoms with E-state index < -0.39 is 20.8 Å². The van der Waals surface area contributed by atoms with E-state index in [0.29, 0.717) is 5.92 Å². The predicted octanol–water partition coefficient (Wildman–Crippen LogP) is 13.4. The van der Waals surface area contributed by atoms with Crippen molar-refractivity contribution in [1.82, 2.24) is 0 Å². The average molecular weight is 715 g/mol. The topological polar surface area (TPSA) is 0 Å². The molecule has 0 fully saturated rings. The van der Waals surface area contributed by atoms with Gasteiger partial charge in [-0.3, -0.25) is 0 Å². The first kappa shape index (κ1) is 36.3. The second-order valence-corrected chi connectivity index (χ2v) is 16.0. The summed E-state index contributed by atoms with van der Waals surface area (Å²) in [7, 11) is 11.0. The van der Waals surface area contributed by atoms with Gasteiger partial charge in [-0.15, -0.1) is 68.6 Å². The van der Waals surface area contributed by atoms with Crippen LogP contribution in [0.4, 0.5) is 0 Å². The molecule has 6 rings (SSSR count). The fraction of sp³-hybridized carbons (Fsp3) is 0.250. The van der Waals surface area contributed by atoms with Gasteiger partial charge in [0.05, 0.1) is 0 Å². The Hall–Kier alpha value is -2.22. The number of unbranched alkanes of at least 4 members (excludes halogenated alkanes) is 1. The van der Waals surface area contributed by atoms with Crippen LogP contribution in [0.1, 0.15) is 56.2 Å². The van der Waals surface area contributed by atoms with Gasteiger partial charge < -0.3 is 0 Å². The molecule has 6 aromatic rings. The van der Waals surface area contributed by atoms with Gasteiger partial charge in [0.2, 0.25) is 0 Å². The van der Waals surface area contributed by atoms with Gasteiger partial charge in [-0.2, -0.15) is 12.1 Å². The van der Waals surface area contributed by atoms with Crippen LogP contribution in [0.15, 0.2) is 115 Å². The molecule has 0 amide bonds. The maximum atomic E-state index is 4.93. The molecule has 4 heteroatoms. The minimum atomic E-state index is -0.826. The van der Waals surface area contributed by atoms with Gasteiger partial charge in [-0.05, 0) is 17.0 Å². The summed E-state index contributed by atoms with van der Waals surface area (Å²) < 4.78 is 0. The van der Waals surface area contributed by atoms with Crippen molar-refractivity contribution in [2.75, 3.05) is 0 Å². The molecule has 0 nitrogen and oxygen atoms in total. The molecule has 226 valence electrons. The summed E-state index contributed by atoms with van der Waals surface area (Å²) in [5, 5.41) is 5.56. The molecule has 0 bridgehead atoms. The third kappa shape index (κ3) is 10.1. The zero-order valence-corrected chi connectivity index (χ0v) is 31.9. The number of halogens is 2. The van der Waals surface area contributed by atoms with Crippen LogP contribution in [-0.4, -0.2) is 9.52 Å². The van der Waals surface area contributed by atoms with Gasteiger partial charge in [0, 0.05) is 9.52 Å². The van der Waals surface area contributed by atoms with Gasteiger partial charge in [0.1, 0.15) is 0 Å². The van der Waals surface area contributed by atoms with E-state index in [1.54, 1.807) is 0 Å². The van der Waals surface area contributed by atoms with Crippen LogP contribution >= 0.6 is 17.0 Å². The summed E-state index contributed by atoms with van der Waals surface area (Å²) in [6.45, 7) is 13.2. The Kier molecular flexibility index (Phi) is 15.9. The Morgan fingerprint density at radius 2 is 1.30 bits per heavy atom. The molecule has 0 saturated heterocycles. The van der Waals surface area contributed by atoms with Crippen molar-refractivity contribution in [1.29, 1.82) is 0 Å². The SMILES string of the molecule is CC(C)c1cc2c(-c3ccccc3)cccc2[cH-]1.CCCCc1ccc(-c2ccccc2)c2cc(C)[cH-]c12.C[Si]C.[Cl][Zr+2][Cl]. The molecule has 0 atom stereocenters. The molecule has 0 aliphatic heterocycles. The van der Waals surface area contributed by atoms with Crippen molar-refractivity contribution >= 4 is 48.1 Å². The molecular formula is C40H44Cl2SiZr. The molecule has 0 aliphatic carbocycles. The van der Waals surface area contributed by atoms with E-state index in [1.807, 2.05) is 0 Å². The van der Waals surface area contributed by atoms with E-state index in [1.165, 1.54) is 79.8 Å². The molecule has 0 aliphatic rings. The second kappa shape index (κ2) is 19.3. The van der Waals surface area contributed by atoms with Gasteiger partial charge in [0.15, 0.2) is 0 Å². The van der Waals surface area contributed by atoms with Gasteiger partial charge in [-0.25, -0.2) is 0 Å². The van der Waals surface area contributed by atoms with E-state index in [4.69, 9.17) is 17.0 Å². The zero-order chi connectivity index (χ0) is 31.9. The number of rotatable bonds is 6. The van der Waals surface area contributed by atoms with E-state index in [-0.39, 0.29) is 0 Å². The summed E-state index contributed by atoms with van der Waals surface area (Å²) in [6.07, 6.45) is 3.71. The Labute approximate surface area is 287 Å². The summed E-state index contributed by atoms with van der Waals surface area (Å²) in [4.78, 5) is 0.